The molecule has 0 radical (unpaired) electrons. The summed E-state index contributed by atoms with van der Waals surface area (Å²) in [6, 6.07) is 11.7. The number of rotatable bonds is 3. The van der Waals surface area contributed by atoms with Gasteiger partial charge in [-0.1, -0.05) is 29.8 Å². The van der Waals surface area contributed by atoms with E-state index in [1.807, 2.05) is 0 Å². The molecule has 1 nitrogen and oxygen atoms in total. The molecule has 0 heterocycles. The van der Waals surface area contributed by atoms with Gasteiger partial charge in [0, 0.05) is 5.02 Å². The lowest BCUT2D eigenvalue weighted by atomic mass is 10.1. The largest absolute Gasteiger partial charge is 0.489 e. The Kier molecular flexibility index (Phi) is 4.00. The SMILES string of the molecule is FC(F)(F)c1ccc(COc2cccc(Cl)c2)cc1. The van der Waals surface area contributed by atoms with E-state index in [9.17, 15) is 13.2 Å². The molecule has 0 aliphatic carbocycles. The highest BCUT2D eigenvalue weighted by atomic mass is 35.5. The van der Waals surface area contributed by atoms with E-state index in [0.29, 0.717) is 16.3 Å². The monoisotopic (exact) mass is 286 g/mol. The number of halogens is 4. The van der Waals surface area contributed by atoms with Gasteiger partial charge in [0.05, 0.1) is 5.56 Å². The van der Waals surface area contributed by atoms with E-state index in [-0.39, 0.29) is 6.61 Å². The fraction of sp³-hybridized carbons (Fsp3) is 0.143. The van der Waals surface area contributed by atoms with Crippen LogP contribution >= 0.6 is 11.6 Å². The quantitative estimate of drug-likeness (QED) is 0.777. The van der Waals surface area contributed by atoms with Crippen molar-refractivity contribution in [1.82, 2.24) is 0 Å². The summed E-state index contributed by atoms with van der Waals surface area (Å²) >= 11 is 5.79. The van der Waals surface area contributed by atoms with Crippen molar-refractivity contribution >= 4 is 11.6 Å². The van der Waals surface area contributed by atoms with Gasteiger partial charge in [0.15, 0.2) is 0 Å². The molecule has 0 saturated heterocycles. The molecule has 0 spiro atoms. The van der Waals surface area contributed by atoms with Crippen LogP contribution < -0.4 is 4.74 Å². The summed E-state index contributed by atoms with van der Waals surface area (Å²) in [6.07, 6.45) is -4.31. The lowest BCUT2D eigenvalue weighted by Gasteiger charge is -2.09. The standard InChI is InChI=1S/C14H10ClF3O/c15-12-2-1-3-13(8-12)19-9-10-4-6-11(7-5-10)14(16,17)18/h1-8H,9H2. The molecule has 5 heteroatoms. The molecule has 0 N–H and O–H groups in total. The van der Waals surface area contributed by atoms with Crippen molar-refractivity contribution in [2.75, 3.05) is 0 Å². The molecule has 2 aromatic carbocycles. The van der Waals surface area contributed by atoms with Gasteiger partial charge in [0.1, 0.15) is 12.4 Å². The number of ether oxygens (including phenoxy) is 1. The Bertz CT molecular complexity index is 549. The van der Waals surface area contributed by atoms with Crippen molar-refractivity contribution in [1.29, 1.82) is 0 Å². The Hall–Kier alpha value is -1.68. The summed E-state index contributed by atoms with van der Waals surface area (Å²) in [7, 11) is 0. The number of alkyl halides is 3. The Morgan fingerprint density at radius 3 is 2.26 bits per heavy atom. The maximum atomic E-state index is 12.4. The minimum Gasteiger partial charge on any atom is -0.489 e. The molecule has 0 fully saturated rings. The van der Waals surface area contributed by atoms with Gasteiger partial charge in [-0.2, -0.15) is 13.2 Å². The Morgan fingerprint density at radius 2 is 1.68 bits per heavy atom. The first-order chi connectivity index (χ1) is 8.95. The second-order valence-electron chi connectivity index (χ2n) is 3.94. The highest BCUT2D eigenvalue weighted by Crippen LogP contribution is 2.29. The third-order valence-corrected chi connectivity index (χ3v) is 2.72. The maximum absolute atomic E-state index is 12.4. The average Bonchev–Trinajstić information content (AvgIpc) is 2.36. The molecule has 2 rings (SSSR count). The van der Waals surface area contributed by atoms with Crippen molar-refractivity contribution in [3.63, 3.8) is 0 Å². The summed E-state index contributed by atoms with van der Waals surface area (Å²) in [5.74, 6) is 0.576. The molecule has 100 valence electrons. The molecule has 19 heavy (non-hydrogen) atoms. The molecule has 0 aromatic heterocycles. The maximum Gasteiger partial charge on any atom is 0.416 e. The number of hydrogen-bond donors (Lipinski definition) is 0. The van der Waals surface area contributed by atoms with Gasteiger partial charge in [-0.25, -0.2) is 0 Å². The second-order valence-corrected chi connectivity index (χ2v) is 4.38. The summed E-state index contributed by atoms with van der Waals surface area (Å²) in [4.78, 5) is 0. The zero-order chi connectivity index (χ0) is 13.9. The van der Waals surface area contributed by atoms with E-state index >= 15 is 0 Å². The van der Waals surface area contributed by atoms with Gasteiger partial charge in [0.2, 0.25) is 0 Å². The first-order valence-electron chi connectivity index (χ1n) is 5.50. The molecule has 0 amide bonds. The second kappa shape index (κ2) is 5.53. The fourth-order valence-electron chi connectivity index (χ4n) is 1.51. The van der Waals surface area contributed by atoms with Crippen molar-refractivity contribution in [3.8, 4) is 5.75 Å². The Labute approximate surface area is 113 Å². The topological polar surface area (TPSA) is 9.23 Å². The van der Waals surface area contributed by atoms with Crippen LogP contribution in [0.3, 0.4) is 0 Å². The van der Waals surface area contributed by atoms with Crippen LogP contribution in [0.1, 0.15) is 11.1 Å². The fourth-order valence-corrected chi connectivity index (χ4v) is 1.69. The Morgan fingerprint density at radius 1 is 1.00 bits per heavy atom. The van der Waals surface area contributed by atoms with Crippen molar-refractivity contribution in [3.05, 3.63) is 64.7 Å². The zero-order valence-electron chi connectivity index (χ0n) is 9.75. The van der Waals surface area contributed by atoms with Gasteiger partial charge in [-0.15, -0.1) is 0 Å². The molecule has 0 bridgehead atoms. The summed E-state index contributed by atoms with van der Waals surface area (Å²) < 4.78 is 42.5. The molecular formula is C14H10ClF3O. The predicted molar refractivity (Wildman–Crippen MR) is 67.2 cm³/mol. The van der Waals surface area contributed by atoms with E-state index in [4.69, 9.17) is 16.3 Å². The third-order valence-electron chi connectivity index (χ3n) is 2.48. The van der Waals surface area contributed by atoms with Crippen LogP contribution in [0.4, 0.5) is 13.2 Å². The summed E-state index contributed by atoms with van der Waals surface area (Å²) in [5.41, 5.74) is -0.00742. The van der Waals surface area contributed by atoms with Crippen LogP contribution in [-0.4, -0.2) is 0 Å². The average molecular weight is 287 g/mol. The van der Waals surface area contributed by atoms with Gasteiger partial charge in [0.25, 0.3) is 0 Å². The van der Waals surface area contributed by atoms with Crippen molar-refractivity contribution < 1.29 is 17.9 Å². The molecule has 2 aromatic rings. The van der Waals surface area contributed by atoms with Crippen molar-refractivity contribution in [2.24, 2.45) is 0 Å². The summed E-state index contributed by atoms with van der Waals surface area (Å²) in [6.45, 7) is 0.193. The predicted octanol–water partition coefficient (Wildman–Crippen LogP) is 4.94. The number of benzene rings is 2. The molecule has 0 aliphatic heterocycles. The highest BCUT2D eigenvalue weighted by molar-refractivity contribution is 6.30. The van der Waals surface area contributed by atoms with Crippen LogP contribution in [0.15, 0.2) is 48.5 Å². The highest BCUT2D eigenvalue weighted by Gasteiger charge is 2.29. The summed E-state index contributed by atoms with van der Waals surface area (Å²) in [5, 5.41) is 0.546. The molecule has 0 atom stereocenters. The van der Waals surface area contributed by atoms with E-state index in [0.717, 1.165) is 12.1 Å². The number of hydrogen-bond acceptors (Lipinski definition) is 1. The van der Waals surface area contributed by atoms with Gasteiger partial charge in [-0.05, 0) is 35.9 Å². The third kappa shape index (κ3) is 3.89. The van der Waals surface area contributed by atoms with Gasteiger partial charge in [-0.3, -0.25) is 0 Å². The van der Waals surface area contributed by atoms with E-state index < -0.39 is 11.7 Å². The van der Waals surface area contributed by atoms with Crippen LogP contribution in [0.2, 0.25) is 5.02 Å². The first kappa shape index (κ1) is 13.7. The van der Waals surface area contributed by atoms with E-state index in [1.165, 1.54) is 12.1 Å². The Balaban J connectivity index is 2.01. The van der Waals surface area contributed by atoms with E-state index in [1.54, 1.807) is 24.3 Å². The minimum absolute atomic E-state index is 0.193. The molecule has 0 saturated carbocycles. The first-order valence-corrected chi connectivity index (χ1v) is 5.87. The smallest absolute Gasteiger partial charge is 0.416 e. The molecule has 0 unspecified atom stereocenters. The normalized spacial score (nSPS) is 11.4. The van der Waals surface area contributed by atoms with Gasteiger partial charge >= 0.3 is 6.18 Å². The van der Waals surface area contributed by atoms with Crippen LogP contribution in [0.25, 0.3) is 0 Å². The van der Waals surface area contributed by atoms with Crippen molar-refractivity contribution in [2.45, 2.75) is 12.8 Å². The molecular weight excluding hydrogens is 277 g/mol. The van der Waals surface area contributed by atoms with Crippen LogP contribution in [0.5, 0.6) is 5.75 Å². The molecule has 0 aliphatic rings. The van der Waals surface area contributed by atoms with Crippen LogP contribution in [0, 0.1) is 0 Å². The van der Waals surface area contributed by atoms with Gasteiger partial charge < -0.3 is 4.74 Å². The lowest BCUT2D eigenvalue weighted by Crippen LogP contribution is -2.05. The minimum atomic E-state index is -4.31. The van der Waals surface area contributed by atoms with Crippen LogP contribution in [-0.2, 0) is 12.8 Å². The lowest BCUT2D eigenvalue weighted by molar-refractivity contribution is -0.137. The zero-order valence-corrected chi connectivity index (χ0v) is 10.5. The van der Waals surface area contributed by atoms with E-state index in [2.05, 4.69) is 0 Å².